The molecule has 0 fully saturated rings. The summed E-state index contributed by atoms with van der Waals surface area (Å²) >= 11 is 0. The SMILES string of the molecule is CC(=O)[O-].CC(=O)[O-].NC(CCC(=O)[O-])C(=O)[O-].[Na+].[Na+].[Na+].[Na+]. The van der Waals surface area contributed by atoms with Crippen LogP contribution >= 0.6 is 0 Å². The van der Waals surface area contributed by atoms with Crippen molar-refractivity contribution in [2.75, 3.05) is 0 Å². The van der Waals surface area contributed by atoms with Gasteiger partial charge in [-0.25, -0.2) is 0 Å². The molecule has 0 aromatic carbocycles. The first-order valence-corrected chi connectivity index (χ1v) is 4.52. The van der Waals surface area contributed by atoms with Gasteiger partial charge < -0.3 is 45.3 Å². The molecule has 13 heteroatoms. The minimum absolute atomic E-state index is 0. The Balaban J connectivity index is -0.0000000325. The van der Waals surface area contributed by atoms with Gasteiger partial charge in [0.2, 0.25) is 0 Å². The number of carboxylic acid groups (broad SMARTS) is 4. The predicted octanol–water partition coefficient (Wildman–Crippen LogP) is -17.9. The molecule has 0 aliphatic heterocycles. The molecular formula is C9H13NNa4O8. The minimum Gasteiger partial charge on any atom is -0.550 e. The summed E-state index contributed by atoms with van der Waals surface area (Å²) in [6.07, 6.45) is -0.500. The summed E-state index contributed by atoms with van der Waals surface area (Å²) in [7, 11) is 0. The topological polar surface area (TPSA) is 187 Å². The van der Waals surface area contributed by atoms with Gasteiger partial charge in [0.1, 0.15) is 0 Å². The number of carboxylic acids is 4. The molecule has 0 saturated heterocycles. The zero-order chi connectivity index (χ0) is 15.3. The molecule has 0 radical (unpaired) electrons. The van der Waals surface area contributed by atoms with E-state index in [1.165, 1.54) is 0 Å². The van der Waals surface area contributed by atoms with Crippen LogP contribution in [0.1, 0.15) is 26.7 Å². The van der Waals surface area contributed by atoms with Gasteiger partial charge in [-0.1, -0.05) is 0 Å². The number of hydrogen-bond acceptors (Lipinski definition) is 9. The van der Waals surface area contributed by atoms with E-state index in [1.54, 1.807) is 0 Å². The third-order valence-electron chi connectivity index (χ3n) is 0.962. The van der Waals surface area contributed by atoms with E-state index in [0.29, 0.717) is 0 Å². The van der Waals surface area contributed by atoms with Crippen molar-refractivity contribution in [2.45, 2.75) is 32.7 Å². The molecule has 0 aromatic heterocycles. The van der Waals surface area contributed by atoms with Gasteiger partial charge >= 0.3 is 118 Å². The van der Waals surface area contributed by atoms with Gasteiger partial charge in [-0.05, 0) is 26.7 Å². The van der Waals surface area contributed by atoms with Crippen LogP contribution in [0.15, 0.2) is 0 Å². The van der Waals surface area contributed by atoms with Crippen LogP contribution in [0.2, 0.25) is 0 Å². The minimum atomic E-state index is -1.44. The van der Waals surface area contributed by atoms with Gasteiger partial charge in [-0.15, -0.1) is 0 Å². The molecule has 1 atom stereocenters. The number of nitrogens with two attached hydrogens (primary N) is 1. The first kappa shape index (κ1) is 43.9. The monoisotopic (exact) mass is 355 g/mol. The summed E-state index contributed by atoms with van der Waals surface area (Å²) in [5.41, 5.74) is 4.91. The molecule has 0 aromatic rings. The Kier molecular flexibility index (Phi) is 61.2. The van der Waals surface area contributed by atoms with E-state index in [4.69, 9.17) is 25.5 Å². The smallest absolute Gasteiger partial charge is 0.550 e. The summed E-state index contributed by atoms with van der Waals surface area (Å²) in [5, 5.41) is 37.4. The molecule has 106 valence electrons. The quantitative estimate of drug-likeness (QED) is 0.478. The fourth-order valence-electron chi connectivity index (χ4n) is 0.391. The second kappa shape index (κ2) is 30.7. The molecule has 0 saturated carbocycles. The molecule has 9 nitrogen and oxygen atoms in total. The summed E-state index contributed by atoms with van der Waals surface area (Å²) in [6, 6.07) is -1.21. The third-order valence-corrected chi connectivity index (χ3v) is 0.962. The summed E-state index contributed by atoms with van der Waals surface area (Å²) in [4.78, 5) is 37.4. The van der Waals surface area contributed by atoms with Crippen molar-refractivity contribution in [3.05, 3.63) is 0 Å². The standard InChI is InChI=1S/C5H9NO4.2C2H4O2.4Na/c6-3(5(9)10)1-2-4(7)8;2*1-2(3)4;;;;/h3H,1-2,6H2,(H,7,8)(H,9,10);2*1H3,(H,3,4);;;;/q;;;4*+1/p-4. The first-order valence-electron chi connectivity index (χ1n) is 4.52. The van der Waals surface area contributed by atoms with Crippen molar-refractivity contribution >= 4 is 23.9 Å². The number of aliphatic carboxylic acids is 4. The van der Waals surface area contributed by atoms with E-state index >= 15 is 0 Å². The normalized spacial score (nSPS) is 7.95. The summed E-state index contributed by atoms with van der Waals surface area (Å²) in [5.74, 6) is -4.92. The van der Waals surface area contributed by atoms with Crippen LogP contribution in [-0.2, 0) is 19.2 Å². The van der Waals surface area contributed by atoms with Gasteiger partial charge in [0.25, 0.3) is 0 Å². The first-order chi connectivity index (χ1) is 8.00. The molecule has 0 heterocycles. The van der Waals surface area contributed by atoms with Crippen molar-refractivity contribution in [1.82, 2.24) is 0 Å². The van der Waals surface area contributed by atoms with Crippen LogP contribution < -0.4 is 144 Å². The zero-order valence-corrected chi connectivity index (χ0v) is 21.8. The van der Waals surface area contributed by atoms with Crippen LogP contribution in [0.4, 0.5) is 0 Å². The van der Waals surface area contributed by atoms with E-state index in [-0.39, 0.29) is 131 Å². The largest absolute Gasteiger partial charge is 1.00 e. The molecule has 0 spiro atoms. The average molecular weight is 355 g/mol. The van der Waals surface area contributed by atoms with E-state index in [2.05, 4.69) is 0 Å². The number of carbonyl (C=O) groups is 4. The number of rotatable bonds is 4. The van der Waals surface area contributed by atoms with E-state index in [1.807, 2.05) is 0 Å². The van der Waals surface area contributed by atoms with Crippen LogP contribution in [0, 0.1) is 0 Å². The summed E-state index contributed by atoms with van der Waals surface area (Å²) < 4.78 is 0. The Morgan fingerprint density at radius 3 is 1.18 bits per heavy atom. The molecule has 1 unspecified atom stereocenters. The van der Waals surface area contributed by atoms with Gasteiger partial charge in [-0.2, -0.15) is 0 Å². The maximum absolute atomic E-state index is 9.86. The molecule has 0 aliphatic carbocycles. The predicted molar refractivity (Wildman–Crippen MR) is 48.6 cm³/mol. The average Bonchev–Trinajstić information content (AvgIpc) is 2.11. The van der Waals surface area contributed by atoms with Crippen LogP contribution in [0.25, 0.3) is 0 Å². The van der Waals surface area contributed by atoms with Crippen LogP contribution in [-0.4, -0.2) is 29.9 Å². The van der Waals surface area contributed by atoms with Gasteiger partial charge in [-0.3, -0.25) is 0 Å². The van der Waals surface area contributed by atoms with Crippen molar-refractivity contribution < 1.29 is 158 Å². The molecular weight excluding hydrogens is 342 g/mol. The maximum atomic E-state index is 9.86. The van der Waals surface area contributed by atoms with Crippen molar-refractivity contribution in [2.24, 2.45) is 5.73 Å². The Morgan fingerprint density at radius 2 is 1.05 bits per heavy atom. The van der Waals surface area contributed by atoms with Gasteiger partial charge in [0, 0.05) is 23.9 Å². The molecule has 0 amide bonds. The zero-order valence-electron chi connectivity index (χ0n) is 13.8. The molecule has 0 bridgehead atoms. The second-order valence-electron chi connectivity index (χ2n) is 2.82. The Morgan fingerprint density at radius 1 is 0.818 bits per heavy atom. The Labute approximate surface area is 216 Å². The maximum Gasteiger partial charge on any atom is 1.00 e. The van der Waals surface area contributed by atoms with E-state index in [0.717, 1.165) is 13.8 Å². The van der Waals surface area contributed by atoms with Gasteiger partial charge in [0.15, 0.2) is 0 Å². The van der Waals surface area contributed by atoms with Crippen molar-refractivity contribution in [1.29, 1.82) is 0 Å². The van der Waals surface area contributed by atoms with E-state index in [9.17, 15) is 19.8 Å². The fourth-order valence-corrected chi connectivity index (χ4v) is 0.391. The number of hydrogen-bond donors (Lipinski definition) is 1. The summed E-state index contributed by atoms with van der Waals surface area (Å²) in [6.45, 7) is 1.94. The molecule has 2 N–H and O–H groups in total. The van der Waals surface area contributed by atoms with Crippen molar-refractivity contribution in [3.8, 4) is 0 Å². The Bertz CT molecular complexity index is 283. The second-order valence-corrected chi connectivity index (χ2v) is 2.82. The van der Waals surface area contributed by atoms with Crippen molar-refractivity contribution in [3.63, 3.8) is 0 Å². The number of carbonyl (C=O) groups excluding carboxylic acids is 4. The van der Waals surface area contributed by atoms with Crippen LogP contribution in [0.3, 0.4) is 0 Å². The molecule has 0 aliphatic rings. The Hall–Kier alpha value is 1.84. The third kappa shape index (κ3) is 80.7. The van der Waals surface area contributed by atoms with Gasteiger partial charge in [0.05, 0.1) is 5.97 Å². The molecule has 22 heavy (non-hydrogen) atoms. The molecule has 0 rings (SSSR count). The van der Waals surface area contributed by atoms with Crippen LogP contribution in [0.5, 0.6) is 0 Å². The van der Waals surface area contributed by atoms with E-state index < -0.39 is 29.9 Å². The fraction of sp³-hybridized carbons (Fsp3) is 0.556.